The molecular weight excluding hydrogens is 502 g/mol. The standard InChI is InChI=1S/C33H45NO4Si/c1-20-16-31-17-23-26-30(19-37-28(35)21-11-8-7-9-12-21)13-10-14-32(26)27(31)25(38-39(5,6)29(2,3)4)22(20)15-24(31)33(32,36)34(23)18-30/h7-9,11-12,22-27,36H,1,10,13-19H2,2-6H3/t22?,23-,24+,25+,26-,27?,30-,31+,32?,33+/m1/s1. The van der Waals surface area contributed by atoms with E-state index in [2.05, 4.69) is 45.3 Å². The third kappa shape index (κ3) is 2.64. The number of hydrogen-bond donors (Lipinski definition) is 1. The molecule has 1 aromatic carbocycles. The molecule has 3 saturated heterocycles. The fourth-order valence-corrected chi connectivity index (χ4v) is 13.3. The van der Waals surface area contributed by atoms with Crippen molar-refractivity contribution in [2.24, 2.45) is 39.9 Å². The van der Waals surface area contributed by atoms with E-state index in [-0.39, 0.29) is 33.4 Å². The Hall–Kier alpha value is -1.47. The summed E-state index contributed by atoms with van der Waals surface area (Å²) in [6.45, 7) is 17.8. The van der Waals surface area contributed by atoms with Crippen molar-refractivity contribution in [3.8, 4) is 0 Å². The fraction of sp³-hybridized carbons (Fsp3) is 0.727. The number of esters is 1. The molecule has 10 rings (SSSR count). The fourth-order valence-electron chi connectivity index (χ4n) is 12.0. The molecule has 3 heterocycles. The summed E-state index contributed by atoms with van der Waals surface area (Å²) in [5.74, 6) is 1.18. The summed E-state index contributed by atoms with van der Waals surface area (Å²) in [6, 6.07) is 9.78. The zero-order valence-electron chi connectivity index (χ0n) is 24.3. The van der Waals surface area contributed by atoms with Crippen molar-refractivity contribution in [2.75, 3.05) is 13.2 Å². The second-order valence-corrected chi connectivity index (χ2v) is 20.8. The summed E-state index contributed by atoms with van der Waals surface area (Å²) < 4.78 is 13.6. The van der Waals surface area contributed by atoms with Gasteiger partial charge in [0.15, 0.2) is 8.32 Å². The Kier molecular flexibility index (Phi) is 4.72. The molecule has 3 aliphatic heterocycles. The van der Waals surface area contributed by atoms with Gasteiger partial charge in [0.1, 0.15) is 5.72 Å². The lowest BCUT2D eigenvalue weighted by Gasteiger charge is -2.66. The van der Waals surface area contributed by atoms with Gasteiger partial charge in [-0.1, -0.05) is 57.5 Å². The largest absolute Gasteiger partial charge is 0.461 e. The highest BCUT2D eigenvalue weighted by Crippen LogP contribution is 2.90. The molecule has 210 valence electrons. The van der Waals surface area contributed by atoms with Crippen molar-refractivity contribution in [3.63, 3.8) is 0 Å². The van der Waals surface area contributed by atoms with Crippen LogP contribution in [0.5, 0.6) is 0 Å². The van der Waals surface area contributed by atoms with Gasteiger partial charge in [-0.3, -0.25) is 4.90 Å². The maximum Gasteiger partial charge on any atom is 0.338 e. The molecule has 6 heteroatoms. The van der Waals surface area contributed by atoms with E-state index in [4.69, 9.17) is 9.16 Å². The first-order valence-corrected chi connectivity index (χ1v) is 18.3. The number of piperidine rings is 2. The van der Waals surface area contributed by atoms with Gasteiger partial charge in [0.2, 0.25) is 0 Å². The Labute approximate surface area is 234 Å². The number of carbonyl (C=O) groups is 1. The van der Waals surface area contributed by atoms with Crippen LogP contribution in [0.25, 0.3) is 0 Å². The Morgan fingerprint density at radius 3 is 2.64 bits per heavy atom. The molecule has 6 saturated carbocycles. The number of benzene rings is 1. The van der Waals surface area contributed by atoms with Crippen molar-refractivity contribution in [2.45, 2.75) is 95.3 Å². The summed E-state index contributed by atoms with van der Waals surface area (Å²) in [4.78, 5) is 15.6. The summed E-state index contributed by atoms with van der Waals surface area (Å²) in [7, 11) is -2.04. The van der Waals surface area contributed by atoms with E-state index in [9.17, 15) is 9.90 Å². The van der Waals surface area contributed by atoms with E-state index in [0.717, 1.165) is 45.1 Å². The van der Waals surface area contributed by atoms with Gasteiger partial charge in [-0.2, -0.15) is 0 Å². The average Bonchev–Trinajstić information content (AvgIpc) is 3.30. The lowest BCUT2D eigenvalue weighted by molar-refractivity contribution is -0.240. The third-order valence-corrected chi connectivity index (χ3v) is 18.3. The first-order valence-electron chi connectivity index (χ1n) is 15.4. The van der Waals surface area contributed by atoms with E-state index in [1.165, 1.54) is 5.57 Å². The van der Waals surface area contributed by atoms with Gasteiger partial charge < -0.3 is 14.3 Å². The van der Waals surface area contributed by atoms with Crippen molar-refractivity contribution in [1.29, 1.82) is 0 Å². The minimum Gasteiger partial charge on any atom is -0.461 e. The first-order chi connectivity index (χ1) is 18.3. The van der Waals surface area contributed by atoms with Crippen molar-refractivity contribution < 1.29 is 19.1 Å². The van der Waals surface area contributed by atoms with Crippen molar-refractivity contribution >= 4 is 14.3 Å². The smallest absolute Gasteiger partial charge is 0.338 e. The molecule has 9 aliphatic rings. The minimum absolute atomic E-state index is 0.0730. The van der Waals surface area contributed by atoms with E-state index in [1.54, 1.807) is 0 Å². The molecule has 9 bridgehead atoms. The van der Waals surface area contributed by atoms with Crippen LogP contribution in [0.4, 0.5) is 0 Å². The molecule has 0 aromatic heterocycles. The van der Waals surface area contributed by atoms with Crippen LogP contribution in [0.2, 0.25) is 18.1 Å². The zero-order chi connectivity index (χ0) is 27.4. The predicted molar refractivity (Wildman–Crippen MR) is 152 cm³/mol. The van der Waals surface area contributed by atoms with Crippen LogP contribution < -0.4 is 0 Å². The normalized spacial score (nSPS) is 50.1. The van der Waals surface area contributed by atoms with Crippen LogP contribution in [-0.2, 0) is 9.16 Å². The maximum atomic E-state index is 13.1. The third-order valence-electron chi connectivity index (χ3n) is 13.8. The highest BCUT2D eigenvalue weighted by Gasteiger charge is 2.94. The van der Waals surface area contributed by atoms with Gasteiger partial charge in [-0.25, -0.2) is 4.79 Å². The predicted octanol–water partition coefficient (Wildman–Crippen LogP) is 6.01. The molecule has 5 nitrogen and oxygen atoms in total. The van der Waals surface area contributed by atoms with E-state index < -0.39 is 14.0 Å². The molecule has 11 atom stereocenters. The number of hydrogen-bond acceptors (Lipinski definition) is 5. The number of carbonyl (C=O) groups excluding carboxylic acids is 1. The molecule has 1 aromatic rings. The van der Waals surface area contributed by atoms with E-state index in [1.807, 2.05) is 30.3 Å². The number of rotatable bonds is 5. The van der Waals surface area contributed by atoms with Crippen molar-refractivity contribution in [1.82, 2.24) is 4.90 Å². The summed E-state index contributed by atoms with van der Waals surface area (Å²) >= 11 is 0. The molecular formula is C33H45NO4Si. The Morgan fingerprint density at radius 2 is 1.92 bits per heavy atom. The Bertz CT molecular complexity index is 1270. The molecule has 0 amide bonds. The molecule has 1 N–H and O–H groups in total. The van der Waals surface area contributed by atoms with Crippen LogP contribution in [-0.4, -0.2) is 55.3 Å². The number of aliphatic hydroxyl groups is 1. The molecule has 6 aliphatic carbocycles. The average molecular weight is 548 g/mol. The number of ether oxygens (including phenoxy) is 1. The summed E-state index contributed by atoms with van der Waals surface area (Å²) in [5.41, 5.74) is 1.13. The van der Waals surface area contributed by atoms with Crippen LogP contribution >= 0.6 is 0 Å². The van der Waals surface area contributed by atoms with Crippen LogP contribution in [0.3, 0.4) is 0 Å². The van der Waals surface area contributed by atoms with Crippen LogP contribution in [0, 0.1) is 39.9 Å². The van der Waals surface area contributed by atoms with Crippen LogP contribution in [0.1, 0.15) is 69.7 Å². The van der Waals surface area contributed by atoms with Gasteiger partial charge in [0, 0.05) is 41.2 Å². The monoisotopic (exact) mass is 547 g/mol. The molecule has 0 radical (unpaired) electrons. The van der Waals surface area contributed by atoms with Gasteiger partial charge in [0.25, 0.3) is 0 Å². The van der Waals surface area contributed by atoms with Gasteiger partial charge in [0.05, 0.1) is 18.3 Å². The quantitative estimate of drug-likeness (QED) is 0.278. The van der Waals surface area contributed by atoms with Gasteiger partial charge in [-0.05, 0) is 73.7 Å². The SMILES string of the molecule is C=C1C[C@]23C[C@@H]4[C@H]5C67CCC[C@]5(COC(=O)c5ccccc5)CN4[C@]6(O)[C@H]2CC1[C@H](O[Si](C)(C)C(C)(C)C)C73. The lowest BCUT2D eigenvalue weighted by atomic mass is 9.40. The Balaban J connectivity index is 1.21. The molecule has 4 unspecified atom stereocenters. The number of nitrogens with zero attached hydrogens (tertiary/aromatic N) is 1. The number of fused-ring (bicyclic) bond motifs is 1. The summed E-state index contributed by atoms with van der Waals surface area (Å²) in [5, 5.41) is 13.2. The zero-order valence-corrected chi connectivity index (χ0v) is 25.3. The van der Waals surface area contributed by atoms with Gasteiger partial charge >= 0.3 is 5.97 Å². The molecule has 39 heavy (non-hydrogen) atoms. The topological polar surface area (TPSA) is 59.0 Å². The minimum atomic E-state index is -2.04. The van der Waals surface area contributed by atoms with E-state index in [0.29, 0.717) is 41.9 Å². The molecule has 9 fully saturated rings. The van der Waals surface area contributed by atoms with Crippen molar-refractivity contribution in [3.05, 3.63) is 48.0 Å². The second kappa shape index (κ2) is 7.29. The highest BCUT2D eigenvalue weighted by molar-refractivity contribution is 6.74. The van der Waals surface area contributed by atoms with E-state index >= 15 is 0 Å². The summed E-state index contributed by atoms with van der Waals surface area (Å²) in [6.07, 6.45) is 6.66. The lowest BCUT2D eigenvalue weighted by Crippen LogP contribution is -2.67. The van der Waals surface area contributed by atoms with Gasteiger partial charge in [-0.15, -0.1) is 0 Å². The second-order valence-electron chi connectivity index (χ2n) is 16.1. The maximum absolute atomic E-state index is 13.1. The highest BCUT2D eigenvalue weighted by atomic mass is 28.4. The van der Waals surface area contributed by atoms with Crippen LogP contribution in [0.15, 0.2) is 42.5 Å². The first kappa shape index (κ1) is 25.3. The Morgan fingerprint density at radius 1 is 1.18 bits per heavy atom. The molecule has 2 spiro atoms.